The molecule has 0 aromatic carbocycles. The molecule has 9 nitrogen and oxygen atoms in total. The quantitative estimate of drug-likeness (QED) is 0.594. The smallest absolute Gasteiger partial charge is 0.328 e. The highest BCUT2D eigenvalue weighted by molar-refractivity contribution is 7.88. The first-order valence-corrected chi connectivity index (χ1v) is 6.81. The van der Waals surface area contributed by atoms with E-state index in [0.29, 0.717) is 0 Å². The topological polar surface area (TPSA) is 137 Å². The lowest BCUT2D eigenvalue weighted by molar-refractivity contribution is -0.140. The molecule has 0 bridgehead atoms. The second-order valence-electron chi connectivity index (χ2n) is 3.95. The summed E-state index contributed by atoms with van der Waals surface area (Å²) in [6, 6.07) is 0.683. The third kappa shape index (κ3) is 3.35. The molecule has 0 fully saturated rings. The molecule has 0 aliphatic rings. The number of carbonyl (C=O) groups excluding carboxylic acids is 1. The van der Waals surface area contributed by atoms with Crippen LogP contribution in [0.1, 0.15) is 10.6 Å². The Morgan fingerprint density at radius 3 is 2.45 bits per heavy atom. The highest BCUT2D eigenvalue weighted by atomic mass is 32.2. The van der Waals surface area contributed by atoms with Gasteiger partial charge < -0.3 is 19.9 Å². The summed E-state index contributed by atoms with van der Waals surface area (Å²) in [6.45, 7) is -0.801. The lowest BCUT2D eigenvalue weighted by Crippen LogP contribution is -2.43. The maximum Gasteiger partial charge on any atom is 0.328 e. The van der Waals surface area contributed by atoms with Crippen molar-refractivity contribution < 1.29 is 32.6 Å². The second-order valence-corrected chi connectivity index (χ2v) is 6.04. The monoisotopic (exact) mass is 306 g/mol. The molecule has 1 aromatic heterocycles. The average molecular weight is 306 g/mol. The van der Waals surface area contributed by atoms with Gasteiger partial charge in [0.1, 0.15) is 0 Å². The predicted molar refractivity (Wildman–Crippen MR) is 65.6 cm³/mol. The minimum absolute atomic E-state index is 0.370. The lowest BCUT2D eigenvalue weighted by Gasteiger charge is -2.10. The molecule has 1 aromatic rings. The van der Waals surface area contributed by atoms with Crippen molar-refractivity contribution in [1.29, 1.82) is 0 Å². The highest BCUT2D eigenvalue weighted by Crippen LogP contribution is 2.16. The lowest BCUT2D eigenvalue weighted by atomic mass is 10.3. The minimum Gasteiger partial charge on any atom is -0.480 e. The summed E-state index contributed by atoms with van der Waals surface area (Å²) in [5.74, 6) is -2.73. The third-order valence-corrected chi connectivity index (χ3v) is 4.02. The normalized spacial score (nSPS) is 13.2. The van der Waals surface area contributed by atoms with E-state index in [-0.39, 0.29) is 5.76 Å². The molecule has 0 saturated carbocycles. The van der Waals surface area contributed by atoms with E-state index in [2.05, 4.69) is 0 Å². The largest absolute Gasteiger partial charge is 0.480 e. The van der Waals surface area contributed by atoms with Gasteiger partial charge in [-0.1, -0.05) is 0 Å². The number of rotatable bonds is 6. The summed E-state index contributed by atoms with van der Waals surface area (Å²) >= 11 is 0. The zero-order valence-corrected chi connectivity index (χ0v) is 11.5. The van der Waals surface area contributed by atoms with Crippen molar-refractivity contribution in [2.45, 2.75) is 11.1 Å². The van der Waals surface area contributed by atoms with Crippen LogP contribution in [0.5, 0.6) is 0 Å². The molecule has 0 spiro atoms. The number of carboxylic acid groups (broad SMARTS) is 1. The molecule has 0 aliphatic heterocycles. The van der Waals surface area contributed by atoms with Crippen LogP contribution in [-0.2, 0) is 14.8 Å². The van der Waals surface area contributed by atoms with Crippen LogP contribution in [0.15, 0.2) is 21.6 Å². The summed E-state index contributed by atoms with van der Waals surface area (Å²) < 4.78 is 29.2. The van der Waals surface area contributed by atoms with E-state index < -0.39 is 39.6 Å². The average Bonchev–Trinajstić information content (AvgIpc) is 2.85. The van der Waals surface area contributed by atoms with Gasteiger partial charge in [0.2, 0.25) is 5.09 Å². The van der Waals surface area contributed by atoms with Crippen LogP contribution in [0.4, 0.5) is 0 Å². The standard InChI is InChI=1S/C10H14N2O7S/c1-12(2)20(17,18)8-4-3-7(19-8)9(14)11-6(5-13)10(15)16/h3-4,6,13H,5H2,1-2H3,(H,11,14)(H,15,16)/t6-/m1/s1. The summed E-state index contributed by atoms with van der Waals surface area (Å²) in [5, 5.41) is 19.0. The number of aliphatic hydroxyl groups excluding tert-OH is 1. The first-order valence-electron chi connectivity index (χ1n) is 5.37. The van der Waals surface area contributed by atoms with Crippen LogP contribution in [0.3, 0.4) is 0 Å². The minimum atomic E-state index is -3.82. The Morgan fingerprint density at radius 1 is 1.40 bits per heavy atom. The first-order chi connectivity index (χ1) is 9.20. The van der Waals surface area contributed by atoms with Crippen molar-refractivity contribution in [3.05, 3.63) is 17.9 Å². The van der Waals surface area contributed by atoms with Gasteiger partial charge in [0.15, 0.2) is 11.8 Å². The molecule has 1 amide bonds. The van der Waals surface area contributed by atoms with Crippen molar-refractivity contribution in [1.82, 2.24) is 9.62 Å². The van der Waals surface area contributed by atoms with E-state index in [9.17, 15) is 18.0 Å². The molecule has 112 valence electrons. The van der Waals surface area contributed by atoms with E-state index in [1.54, 1.807) is 0 Å². The second kappa shape index (κ2) is 6.03. The molecule has 0 aliphatic carbocycles. The number of carbonyl (C=O) groups is 2. The van der Waals surface area contributed by atoms with Crippen molar-refractivity contribution in [2.75, 3.05) is 20.7 Å². The molecule has 1 rings (SSSR count). The number of nitrogens with zero attached hydrogens (tertiary/aromatic N) is 1. The summed E-state index contributed by atoms with van der Waals surface area (Å²) in [6.07, 6.45) is 0. The highest BCUT2D eigenvalue weighted by Gasteiger charge is 2.25. The van der Waals surface area contributed by atoms with E-state index >= 15 is 0 Å². The van der Waals surface area contributed by atoms with Crippen LogP contribution in [0.2, 0.25) is 0 Å². The molecule has 20 heavy (non-hydrogen) atoms. The van der Waals surface area contributed by atoms with Crippen LogP contribution < -0.4 is 5.32 Å². The SMILES string of the molecule is CN(C)S(=O)(=O)c1ccc(C(=O)N[C@H](CO)C(=O)O)o1. The summed E-state index contributed by atoms with van der Waals surface area (Å²) in [4.78, 5) is 22.3. The van der Waals surface area contributed by atoms with Crippen molar-refractivity contribution in [3.8, 4) is 0 Å². The van der Waals surface area contributed by atoms with Crippen LogP contribution in [0, 0.1) is 0 Å². The fourth-order valence-electron chi connectivity index (χ4n) is 1.18. The van der Waals surface area contributed by atoms with E-state index in [1.807, 2.05) is 5.32 Å². The van der Waals surface area contributed by atoms with E-state index in [4.69, 9.17) is 14.6 Å². The molecule has 10 heteroatoms. The maximum atomic E-state index is 11.7. The Morgan fingerprint density at radius 2 is 2.00 bits per heavy atom. The van der Waals surface area contributed by atoms with Crippen LogP contribution in [0.25, 0.3) is 0 Å². The van der Waals surface area contributed by atoms with Gasteiger partial charge in [0.05, 0.1) is 6.61 Å². The van der Waals surface area contributed by atoms with Gasteiger partial charge in [-0.2, -0.15) is 0 Å². The van der Waals surface area contributed by atoms with Gasteiger partial charge in [-0.05, 0) is 12.1 Å². The van der Waals surface area contributed by atoms with Gasteiger partial charge in [-0.15, -0.1) is 0 Å². The number of aliphatic carboxylic acids is 1. The molecule has 1 heterocycles. The molecular weight excluding hydrogens is 292 g/mol. The van der Waals surface area contributed by atoms with Gasteiger partial charge in [-0.25, -0.2) is 17.5 Å². The van der Waals surface area contributed by atoms with Crippen molar-refractivity contribution in [2.24, 2.45) is 0 Å². The number of aliphatic hydroxyl groups is 1. The number of nitrogens with one attached hydrogen (secondary N) is 1. The third-order valence-electron chi connectivity index (χ3n) is 2.33. The Balaban J connectivity index is 2.93. The first kappa shape index (κ1) is 16.1. The maximum absolute atomic E-state index is 11.7. The van der Waals surface area contributed by atoms with E-state index in [0.717, 1.165) is 16.4 Å². The zero-order valence-electron chi connectivity index (χ0n) is 10.7. The number of sulfonamides is 1. The van der Waals surface area contributed by atoms with Gasteiger partial charge in [0, 0.05) is 14.1 Å². The van der Waals surface area contributed by atoms with Crippen LogP contribution in [-0.4, -0.2) is 61.6 Å². The van der Waals surface area contributed by atoms with Crippen molar-refractivity contribution >= 4 is 21.9 Å². The Labute approximate surface area is 114 Å². The fourth-order valence-corrected chi connectivity index (χ4v) is 1.97. The number of carboxylic acids is 1. The summed E-state index contributed by atoms with van der Waals surface area (Å²) in [7, 11) is -1.23. The van der Waals surface area contributed by atoms with Crippen LogP contribution >= 0.6 is 0 Å². The van der Waals surface area contributed by atoms with Gasteiger partial charge >= 0.3 is 5.97 Å². The molecular formula is C10H14N2O7S. The number of hydrogen-bond acceptors (Lipinski definition) is 6. The number of amides is 1. The number of furan rings is 1. The predicted octanol–water partition coefficient (Wildman–Crippen LogP) is -1.29. The Hall–Kier alpha value is -1.91. The Bertz CT molecular complexity index is 605. The zero-order chi connectivity index (χ0) is 15.5. The molecule has 0 unspecified atom stereocenters. The molecule has 0 saturated heterocycles. The molecule has 3 N–H and O–H groups in total. The Kier molecular flexibility index (Phi) is 4.87. The fraction of sp³-hybridized carbons (Fsp3) is 0.400. The van der Waals surface area contributed by atoms with Crippen molar-refractivity contribution in [3.63, 3.8) is 0 Å². The van der Waals surface area contributed by atoms with E-state index in [1.165, 1.54) is 14.1 Å². The number of hydrogen-bond donors (Lipinski definition) is 3. The van der Waals surface area contributed by atoms with Gasteiger partial charge in [-0.3, -0.25) is 4.79 Å². The summed E-state index contributed by atoms with van der Waals surface area (Å²) in [5.41, 5.74) is 0. The molecule has 1 atom stereocenters. The van der Waals surface area contributed by atoms with Gasteiger partial charge in [0.25, 0.3) is 15.9 Å². The molecule has 0 radical (unpaired) electrons.